The van der Waals surface area contributed by atoms with Crippen LogP contribution in [0.1, 0.15) is 33.2 Å². The quantitative estimate of drug-likeness (QED) is 0.846. The fourth-order valence-corrected chi connectivity index (χ4v) is 2.04. The van der Waals surface area contributed by atoms with Gasteiger partial charge in [0.05, 0.1) is 5.69 Å². The second-order valence-electron chi connectivity index (χ2n) is 4.91. The van der Waals surface area contributed by atoms with Gasteiger partial charge in [-0.05, 0) is 37.6 Å². The minimum absolute atomic E-state index is 0.103. The molecule has 0 aromatic heterocycles. The average molecular weight is 319 g/mol. The maximum Gasteiger partial charge on any atom is 0.387 e. The molecule has 0 saturated heterocycles. The summed E-state index contributed by atoms with van der Waals surface area (Å²) in [6.45, 7) is 0.116. The van der Waals surface area contributed by atoms with Crippen LogP contribution in [-0.4, -0.2) is 18.3 Å². The van der Waals surface area contributed by atoms with Crippen LogP contribution in [-0.2, 0) is 0 Å². The SMILES string of the molecule is CC(=O)c1ccc(C(=O)Nc2c(C)cccc2OC(F)F)cc1. The molecular weight excluding hydrogens is 304 g/mol. The molecule has 1 N–H and O–H groups in total. The van der Waals surface area contributed by atoms with Crippen molar-refractivity contribution < 1.29 is 23.1 Å². The number of nitrogens with one attached hydrogen (secondary N) is 1. The van der Waals surface area contributed by atoms with Crippen LogP contribution < -0.4 is 10.1 Å². The van der Waals surface area contributed by atoms with Gasteiger partial charge in [-0.3, -0.25) is 9.59 Å². The zero-order chi connectivity index (χ0) is 17.0. The molecule has 0 heterocycles. The summed E-state index contributed by atoms with van der Waals surface area (Å²) >= 11 is 0. The number of alkyl halides is 2. The third-order valence-corrected chi connectivity index (χ3v) is 3.24. The Kier molecular flexibility index (Phi) is 5.05. The molecule has 4 nitrogen and oxygen atoms in total. The number of halogens is 2. The first kappa shape index (κ1) is 16.6. The van der Waals surface area contributed by atoms with Crippen LogP contribution in [0.3, 0.4) is 0 Å². The highest BCUT2D eigenvalue weighted by atomic mass is 19.3. The lowest BCUT2D eigenvalue weighted by Crippen LogP contribution is -2.15. The molecule has 0 atom stereocenters. The van der Waals surface area contributed by atoms with Crippen molar-refractivity contribution in [2.24, 2.45) is 0 Å². The number of benzene rings is 2. The second-order valence-corrected chi connectivity index (χ2v) is 4.91. The second kappa shape index (κ2) is 7.00. The standard InChI is InChI=1S/C17H15F2NO3/c1-10-4-3-5-14(23-17(18)19)15(10)20-16(22)13-8-6-12(7-9-13)11(2)21/h3-9,17H,1-2H3,(H,20,22). The van der Waals surface area contributed by atoms with E-state index in [1.807, 2.05) is 0 Å². The number of Topliss-reactive ketones (excluding diaryl/α,β-unsaturated/α-hetero) is 1. The lowest BCUT2D eigenvalue weighted by molar-refractivity contribution is -0.0494. The van der Waals surface area contributed by atoms with Gasteiger partial charge < -0.3 is 10.1 Å². The Balaban J connectivity index is 2.24. The summed E-state index contributed by atoms with van der Waals surface area (Å²) in [5, 5.41) is 2.57. The molecular formula is C17H15F2NO3. The number of anilines is 1. The Bertz CT molecular complexity index is 727. The smallest absolute Gasteiger partial charge is 0.387 e. The molecule has 0 aliphatic carbocycles. The highest BCUT2D eigenvalue weighted by Crippen LogP contribution is 2.29. The molecule has 1 amide bonds. The van der Waals surface area contributed by atoms with Crippen molar-refractivity contribution in [1.29, 1.82) is 0 Å². The molecule has 120 valence electrons. The fourth-order valence-electron chi connectivity index (χ4n) is 2.04. The molecule has 0 aliphatic heterocycles. The van der Waals surface area contributed by atoms with Gasteiger partial charge in [0.2, 0.25) is 0 Å². The number of hydrogen-bond acceptors (Lipinski definition) is 3. The van der Waals surface area contributed by atoms with Crippen molar-refractivity contribution in [2.75, 3.05) is 5.32 Å². The summed E-state index contributed by atoms with van der Waals surface area (Å²) in [6, 6.07) is 10.7. The third-order valence-electron chi connectivity index (χ3n) is 3.24. The zero-order valence-electron chi connectivity index (χ0n) is 12.6. The minimum Gasteiger partial charge on any atom is -0.433 e. The Morgan fingerprint density at radius 2 is 1.65 bits per heavy atom. The van der Waals surface area contributed by atoms with E-state index < -0.39 is 12.5 Å². The van der Waals surface area contributed by atoms with Crippen LogP contribution in [0.5, 0.6) is 5.75 Å². The van der Waals surface area contributed by atoms with Gasteiger partial charge in [-0.15, -0.1) is 0 Å². The topological polar surface area (TPSA) is 55.4 Å². The average Bonchev–Trinajstić information content (AvgIpc) is 2.50. The van der Waals surface area contributed by atoms with Gasteiger partial charge in [0.15, 0.2) is 5.78 Å². The lowest BCUT2D eigenvalue weighted by atomic mass is 10.1. The van der Waals surface area contributed by atoms with Crippen LogP contribution in [0.4, 0.5) is 14.5 Å². The third kappa shape index (κ3) is 4.12. The predicted octanol–water partition coefficient (Wildman–Crippen LogP) is 4.05. The summed E-state index contributed by atoms with van der Waals surface area (Å²) in [6.07, 6.45) is 0. The highest BCUT2D eigenvalue weighted by molar-refractivity contribution is 6.06. The van der Waals surface area contributed by atoms with Gasteiger partial charge in [-0.25, -0.2) is 0 Å². The van der Waals surface area contributed by atoms with Crippen LogP contribution in [0, 0.1) is 6.92 Å². The first-order chi connectivity index (χ1) is 10.9. The molecule has 2 rings (SSSR count). The van der Waals surface area contributed by atoms with E-state index in [9.17, 15) is 18.4 Å². The van der Waals surface area contributed by atoms with E-state index in [0.29, 0.717) is 16.7 Å². The normalized spacial score (nSPS) is 10.5. The summed E-state index contributed by atoms with van der Waals surface area (Å²) in [5.41, 5.74) is 1.57. The van der Waals surface area contributed by atoms with Crippen molar-refractivity contribution in [2.45, 2.75) is 20.5 Å². The van der Waals surface area contributed by atoms with Gasteiger partial charge in [0.25, 0.3) is 5.91 Å². The summed E-state index contributed by atoms with van der Waals surface area (Å²) in [4.78, 5) is 23.5. The number of amides is 1. The van der Waals surface area contributed by atoms with Gasteiger partial charge in [0.1, 0.15) is 5.75 Å². The number of carbonyl (C=O) groups is 2. The maximum atomic E-state index is 12.4. The molecule has 0 unspecified atom stereocenters. The molecule has 2 aromatic rings. The Hall–Kier alpha value is -2.76. The molecule has 6 heteroatoms. The molecule has 0 radical (unpaired) electrons. The maximum absolute atomic E-state index is 12.4. The number of aryl methyl sites for hydroxylation is 1. The largest absolute Gasteiger partial charge is 0.433 e. The number of ether oxygens (including phenoxy) is 1. The first-order valence-corrected chi connectivity index (χ1v) is 6.85. The van der Waals surface area contributed by atoms with Crippen LogP contribution in [0.2, 0.25) is 0 Å². The van der Waals surface area contributed by atoms with Crippen LogP contribution in [0.25, 0.3) is 0 Å². The van der Waals surface area contributed by atoms with Gasteiger partial charge in [-0.1, -0.05) is 24.3 Å². The van der Waals surface area contributed by atoms with Crippen molar-refractivity contribution in [3.05, 3.63) is 59.2 Å². The summed E-state index contributed by atoms with van der Waals surface area (Å²) < 4.78 is 29.3. The minimum atomic E-state index is -2.98. The van der Waals surface area contributed by atoms with Crippen molar-refractivity contribution >= 4 is 17.4 Å². The number of ketones is 1. The Morgan fingerprint density at radius 3 is 2.22 bits per heavy atom. The number of carbonyl (C=O) groups excluding carboxylic acids is 2. The molecule has 0 bridgehead atoms. The van der Waals surface area contributed by atoms with E-state index in [1.54, 1.807) is 19.1 Å². The van der Waals surface area contributed by atoms with E-state index in [0.717, 1.165) is 0 Å². The fraction of sp³-hybridized carbons (Fsp3) is 0.176. The monoisotopic (exact) mass is 319 g/mol. The van der Waals surface area contributed by atoms with Crippen LogP contribution >= 0.6 is 0 Å². The predicted molar refractivity (Wildman–Crippen MR) is 82.2 cm³/mol. The van der Waals surface area contributed by atoms with Crippen molar-refractivity contribution in [3.63, 3.8) is 0 Å². The van der Waals surface area contributed by atoms with Gasteiger partial charge >= 0.3 is 6.61 Å². The first-order valence-electron chi connectivity index (χ1n) is 6.85. The van der Waals surface area contributed by atoms with Crippen molar-refractivity contribution in [3.8, 4) is 5.75 Å². The molecule has 0 aliphatic rings. The molecule has 2 aromatic carbocycles. The molecule has 0 fully saturated rings. The van der Waals surface area contributed by atoms with Crippen LogP contribution in [0.15, 0.2) is 42.5 Å². The number of rotatable bonds is 5. The summed E-state index contributed by atoms with van der Waals surface area (Å²) in [5.74, 6) is -0.689. The summed E-state index contributed by atoms with van der Waals surface area (Å²) in [7, 11) is 0. The van der Waals surface area contributed by atoms with E-state index in [4.69, 9.17) is 0 Å². The number of hydrogen-bond donors (Lipinski definition) is 1. The Labute approximate surface area is 132 Å². The molecule has 0 saturated carbocycles. The van der Waals surface area contributed by atoms with E-state index in [1.165, 1.54) is 37.3 Å². The number of para-hydroxylation sites is 1. The van der Waals surface area contributed by atoms with Gasteiger partial charge in [-0.2, -0.15) is 8.78 Å². The Morgan fingerprint density at radius 1 is 1.04 bits per heavy atom. The van der Waals surface area contributed by atoms with E-state index in [2.05, 4.69) is 10.1 Å². The van der Waals surface area contributed by atoms with Crippen molar-refractivity contribution in [1.82, 2.24) is 0 Å². The zero-order valence-corrected chi connectivity index (χ0v) is 12.6. The lowest BCUT2D eigenvalue weighted by Gasteiger charge is -2.14. The van der Waals surface area contributed by atoms with E-state index >= 15 is 0 Å². The molecule has 0 spiro atoms. The van der Waals surface area contributed by atoms with Gasteiger partial charge in [0, 0.05) is 11.1 Å². The highest BCUT2D eigenvalue weighted by Gasteiger charge is 2.15. The van der Waals surface area contributed by atoms with E-state index in [-0.39, 0.29) is 17.2 Å². The molecule has 23 heavy (non-hydrogen) atoms.